The Labute approximate surface area is 201 Å². The van der Waals surface area contributed by atoms with Crippen LogP contribution in [0.25, 0.3) is 11.4 Å². The summed E-state index contributed by atoms with van der Waals surface area (Å²) in [6, 6.07) is 3.35. The second-order valence-corrected chi connectivity index (χ2v) is 8.22. The fraction of sp³-hybridized carbons (Fsp3) is 0.333. The van der Waals surface area contributed by atoms with Gasteiger partial charge in [-0.25, -0.2) is 19.7 Å². The molecule has 1 aliphatic carbocycles. The van der Waals surface area contributed by atoms with E-state index in [1.807, 2.05) is 0 Å². The topological polar surface area (TPSA) is 124 Å². The zero-order valence-corrected chi connectivity index (χ0v) is 19.1. The lowest BCUT2D eigenvalue weighted by Crippen LogP contribution is -2.20. The number of aryl methyl sites for hydroxylation is 1. The van der Waals surface area contributed by atoms with Crippen LogP contribution < -0.4 is 10.6 Å². The van der Waals surface area contributed by atoms with E-state index in [2.05, 4.69) is 30.7 Å². The Morgan fingerprint density at radius 1 is 1.20 bits per heavy atom. The summed E-state index contributed by atoms with van der Waals surface area (Å²) in [5, 5.41) is 9.28. The van der Waals surface area contributed by atoms with Crippen molar-refractivity contribution in [2.45, 2.75) is 25.6 Å². The van der Waals surface area contributed by atoms with Gasteiger partial charge < -0.3 is 10.1 Å². The Morgan fingerprint density at radius 2 is 1.91 bits per heavy atom. The van der Waals surface area contributed by atoms with Crippen LogP contribution in [0.3, 0.4) is 0 Å². The van der Waals surface area contributed by atoms with E-state index in [0.717, 1.165) is 0 Å². The van der Waals surface area contributed by atoms with E-state index >= 15 is 0 Å². The number of pyridine rings is 1. The minimum Gasteiger partial charge on any atom is -0.441 e. The van der Waals surface area contributed by atoms with Gasteiger partial charge in [0.2, 0.25) is 5.91 Å². The average molecular weight is 510 g/mol. The molecule has 35 heavy (non-hydrogen) atoms. The van der Waals surface area contributed by atoms with Crippen molar-refractivity contribution in [3.05, 3.63) is 47.6 Å². The molecule has 0 aromatic carbocycles. The molecule has 3 aromatic rings. The van der Waals surface area contributed by atoms with Gasteiger partial charge in [0.15, 0.2) is 5.82 Å². The fourth-order valence-corrected chi connectivity index (χ4v) is 3.69. The second kappa shape index (κ2) is 9.49. The number of anilines is 2. The van der Waals surface area contributed by atoms with Crippen LogP contribution in [-0.2, 0) is 16.6 Å². The molecule has 14 heteroatoms. The molecule has 1 aliphatic rings. The van der Waals surface area contributed by atoms with Crippen molar-refractivity contribution in [1.82, 2.24) is 24.7 Å². The van der Waals surface area contributed by atoms with Gasteiger partial charge in [0, 0.05) is 18.8 Å². The summed E-state index contributed by atoms with van der Waals surface area (Å²) in [6.45, 7) is 1.64. The van der Waals surface area contributed by atoms with E-state index in [1.54, 1.807) is 26.1 Å². The third kappa shape index (κ3) is 5.50. The van der Waals surface area contributed by atoms with E-state index in [0.29, 0.717) is 11.1 Å². The van der Waals surface area contributed by atoms with Gasteiger partial charge in [-0.15, -0.1) is 0 Å². The van der Waals surface area contributed by atoms with Crippen LogP contribution in [0.4, 0.5) is 29.5 Å². The van der Waals surface area contributed by atoms with E-state index in [4.69, 9.17) is 16.3 Å². The molecule has 3 atom stereocenters. The van der Waals surface area contributed by atoms with Crippen LogP contribution in [0, 0.1) is 11.8 Å². The van der Waals surface area contributed by atoms with Gasteiger partial charge in [-0.2, -0.15) is 18.3 Å². The highest BCUT2D eigenvalue weighted by Gasteiger charge is 2.58. The van der Waals surface area contributed by atoms with Gasteiger partial charge in [-0.3, -0.25) is 14.8 Å². The number of hydrogen-bond donors (Lipinski definition) is 2. The first-order valence-corrected chi connectivity index (χ1v) is 10.7. The first kappa shape index (κ1) is 24.4. The quantitative estimate of drug-likeness (QED) is 0.473. The molecule has 4 rings (SSSR count). The summed E-state index contributed by atoms with van der Waals surface area (Å²) in [4.78, 5) is 36.7. The normalized spacial score (nSPS) is 18.0. The molecule has 184 valence electrons. The number of halogens is 4. The third-order valence-electron chi connectivity index (χ3n) is 5.38. The number of amides is 2. The summed E-state index contributed by atoms with van der Waals surface area (Å²) in [5.74, 6) is -3.07. The van der Waals surface area contributed by atoms with E-state index in [-0.39, 0.29) is 28.9 Å². The molecule has 3 heterocycles. The van der Waals surface area contributed by atoms with Crippen LogP contribution in [0.1, 0.15) is 25.0 Å². The maximum atomic E-state index is 12.7. The standard InChI is InChI=1S/C21H19ClF3N7O3/c1-10(12-4-3-5-26-16(12)22)35-20(34)31-18-14(9-29-32(18)2)17-27-7-11(8-28-17)30-19(33)13-6-15(13)21(23,24)25/h3-5,7-10,13,15H,6H2,1-2H3,(H,30,33)(H,31,34)/t10-,13-,15?/m1/s1. The van der Waals surface area contributed by atoms with E-state index in [1.165, 1.54) is 29.5 Å². The summed E-state index contributed by atoms with van der Waals surface area (Å²) in [6.07, 6.45) is -0.647. The first-order valence-electron chi connectivity index (χ1n) is 10.3. The van der Waals surface area contributed by atoms with Crippen LogP contribution in [-0.4, -0.2) is 42.9 Å². The van der Waals surface area contributed by atoms with Crippen molar-refractivity contribution in [3.8, 4) is 11.4 Å². The van der Waals surface area contributed by atoms with Crippen LogP contribution in [0.15, 0.2) is 36.9 Å². The summed E-state index contributed by atoms with van der Waals surface area (Å²) in [5.41, 5.74) is 1.03. The predicted molar refractivity (Wildman–Crippen MR) is 118 cm³/mol. The molecule has 0 aliphatic heterocycles. The lowest BCUT2D eigenvalue weighted by atomic mass is 10.2. The van der Waals surface area contributed by atoms with Crippen molar-refractivity contribution in [1.29, 1.82) is 0 Å². The summed E-state index contributed by atoms with van der Waals surface area (Å²) in [7, 11) is 1.59. The first-order chi connectivity index (χ1) is 16.5. The van der Waals surface area contributed by atoms with Crippen molar-refractivity contribution in [2.75, 3.05) is 10.6 Å². The molecule has 0 saturated heterocycles. The SMILES string of the molecule is C[C@@H](OC(=O)Nc1c(-c2ncc(NC(=O)[C@@H]3CC3C(F)(F)F)cn2)cnn1C)c1cccnc1Cl. The molecule has 2 N–H and O–H groups in total. The molecule has 10 nitrogen and oxygen atoms in total. The highest BCUT2D eigenvalue weighted by molar-refractivity contribution is 6.30. The minimum absolute atomic E-state index is 0.145. The van der Waals surface area contributed by atoms with Gasteiger partial charge in [-0.1, -0.05) is 17.7 Å². The number of alkyl halides is 3. The van der Waals surface area contributed by atoms with Crippen molar-refractivity contribution < 1.29 is 27.5 Å². The number of carbonyl (C=O) groups is 2. The van der Waals surface area contributed by atoms with Crippen molar-refractivity contribution in [3.63, 3.8) is 0 Å². The Kier molecular flexibility index (Phi) is 6.61. The molecule has 1 saturated carbocycles. The van der Waals surface area contributed by atoms with Gasteiger partial charge in [-0.05, 0) is 19.4 Å². The zero-order valence-electron chi connectivity index (χ0n) is 18.4. The molecule has 0 bridgehead atoms. The average Bonchev–Trinajstić information content (AvgIpc) is 3.55. The van der Waals surface area contributed by atoms with E-state index < -0.39 is 36.1 Å². The number of aromatic nitrogens is 5. The molecule has 1 fully saturated rings. The van der Waals surface area contributed by atoms with Crippen molar-refractivity contribution in [2.24, 2.45) is 18.9 Å². The molecule has 1 unspecified atom stereocenters. The Hall–Kier alpha value is -3.74. The molecule has 0 radical (unpaired) electrons. The number of hydrogen-bond acceptors (Lipinski definition) is 7. The maximum absolute atomic E-state index is 12.7. The van der Waals surface area contributed by atoms with Gasteiger partial charge in [0.1, 0.15) is 17.1 Å². The van der Waals surface area contributed by atoms with Crippen LogP contribution in [0.5, 0.6) is 0 Å². The number of carbonyl (C=O) groups excluding carboxylic acids is 2. The lowest BCUT2D eigenvalue weighted by Gasteiger charge is -2.15. The highest BCUT2D eigenvalue weighted by Crippen LogP contribution is 2.50. The predicted octanol–water partition coefficient (Wildman–Crippen LogP) is 4.37. The number of ether oxygens (including phenoxy) is 1. The van der Waals surface area contributed by atoms with Gasteiger partial charge >= 0.3 is 12.3 Å². The largest absolute Gasteiger partial charge is 0.441 e. The number of rotatable bonds is 6. The lowest BCUT2D eigenvalue weighted by molar-refractivity contribution is -0.153. The van der Waals surface area contributed by atoms with Crippen LogP contribution >= 0.6 is 11.6 Å². The third-order valence-corrected chi connectivity index (χ3v) is 5.69. The number of nitrogens with one attached hydrogen (secondary N) is 2. The van der Waals surface area contributed by atoms with Gasteiger partial charge in [0.25, 0.3) is 0 Å². The highest BCUT2D eigenvalue weighted by atomic mass is 35.5. The minimum atomic E-state index is -4.39. The molecule has 0 spiro atoms. The Bertz CT molecular complexity index is 1250. The second-order valence-electron chi connectivity index (χ2n) is 7.86. The number of nitrogens with zero attached hydrogens (tertiary/aromatic N) is 5. The monoisotopic (exact) mass is 509 g/mol. The fourth-order valence-electron chi connectivity index (χ4n) is 3.41. The van der Waals surface area contributed by atoms with E-state index in [9.17, 15) is 22.8 Å². The molecular formula is C21H19ClF3N7O3. The van der Waals surface area contributed by atoms with Crippen LogP contribution in [0.2, 0.25) is 5.15 Å². The summed E-state index contributed by atoms with van der Waals surface area (Å²) >= 11 is 6.04. The molecular weight excluding hydrogens is 491 g/mol. The Balaban J connectivity index is 1.41. The smallest absolute Gasteiger partial charge is 0.413 e. The summed E-state index contributed by atoms with van der Waals surface area (Å²) < 4.78 is 44.8. The van der Waals surface area contributed by atoms with Gasteiger partial charge in [0.05, 0.1) is 41.7 Å². The molecule has 3 aromatic heterocycles. The molecule has 2 amide bonds. The Morgan fingerprint density at radius 3 is 2.54 bits per heavy atom. The maximum Gasteiger partial charge on any atom is 0.413 e. The van der Waals surface area contributed by atoms with Crippen molar-refractivity contribution >= 4 is 35.1 Å². The zero-order chi connectivity index (χ0) is 25.3.